The smallest absolute Gasteiger partial charge is 0.329 e. The molecule has 2 aromatic heterocycles. The van der Waals surface area contributed by atoms with E-state index >= 15 is 9.59 Å². The molecule has 20 nitrogen and oxygen atoms in total. The molecule has 0 radical (unpaired) electrons. The first-order valence-electron chi connectivity index (χ1n) is 31.0. The summed E-state index contributed by atoms with van der Waals surface area (Å²) < 4.78 is 28.2. The third-order valence-electron chi connectivity index (χ3n) is 17.6. The number of benzene rings is 2. The summed E-state index contributed by atoms with van der Waals surface area (Å²) in [6, 6.07) is 9.96. The van der Waals surface area contributed by atoms with E-state index in [-0.39, 0.29) is 62.2 Å². The maximum Gasteiger partial charge on any atom is 0.329 e. The summed E-state index contributed by atoms with van der Waals surface area (Å²) in [5, 5.41) is 10.1. The number of hydrogen-bond acceptors (Lipinski definition) is 14. The third kappa shape index (κ3) is 15.8. The van der Waals surface area contributed by atoms with Gasteiger partial charge in [-0.3, -0.25) is 28.5 Å². The van der Waals surface area contributed by atoms with Gasteiger partial charge in [-0.2, -0.15) is 10.2 Å². The lowest BCUT2D eigenvalue weighted by molar-refractivity contribution is -0.176. The first kappa shape index (κ1) is 68.7. The third-order valence-corrected chi connectivity index (χ3v) is 18.0. The molecule has 2 aliphatic carbocycles. The van der Waals surface area contributed by atoms with Gasteiger partial charge in [0, 0.05) is 53.4 Å². The molecular weight excluding hydrogens is 1170 g/mol. The van der Waals surface area contributed by atoms with Gasteiger partial charge in [0.1, 0.15) is 24.2 Å². The lowest BCUT2D eigenvalue weighted by atomic mass is 9.71. The topological polar surface area (TPSA) is 222 Å². The highest BCUT2D eigenvalue weighted by Gasteiger charge is 2.46. The van der Waals surface area contributed by atoms with Gasteiger partial charge in [0.25, 0.3) is 23.6 Å². The van der Waals surface area contributed by atoms with Crippen LogP contribution in [0.4, 0.5) is 0 Å². The van der Waals surface area contributed by atoms with Crippen LogP contribution < -0.4 is 0 Å². The molecule has 1 saturated heterocycles. The second kappa shape index (κ2) is 29.2. The largest absolute Gasteiger partial charge is 0.451 e. The van der Waals surface area contributed by atoms with Crippen LogP contribution in [0.3, 0.4) is 0 Å². The Balaban J connectivity index is 1.26. The number of carbonyl (C=O) groups is 8. The molecule has 3 heterocycles. The van der Waals surface area contributed by atoms with E-state index in [0.717, 1.165) is 59.5 Å². The van der Waals surface area contributed by atoms with Crippen LogP contribution in [0.5, 0.6) is 0 Å². The van der Waals surface area contributed by atoms with Gasteiger partial charge >= 0.3 is 23.9 Å². The van der Waals surface area contributed by atoms with Crippen molar-refractivity contribution in [3.63, 3.8) is 0 Å². The number of nitrogens with zero attached hydrogens (tertiary/aromatic N) is 8. The monoisotopic (exact) mass is 1260 g/mol. The number of hydrogen-bond donors (Lipinski definition) is 0. The lowest BCUT2D eigenvalue weighted by Crippen LogP contribution is -2.55. The number of carbonyl (C=O) groups excluding carboxylic acids is 8. The van der Waals surface area contributed by atoms with Crippen LogP contribution in [0.1, 0.15) is 156 Å². The van der Waals surface area contributed by atoms with E-state index in [1.54, 1.807) is 24.8 Å². The minimum absolute atomic E-state index is 0.0730. The van der Waals surface area contributed by atoms with Crippen LogP contribution in [-0.2, 0) is 81.2 Å². The Kier molecular flexibility index (Phi) is 22.8. The number of aromatic nitrogens is 4. The average Bonchev–Trinajstić information content (AvgIpc) is 2.71. The van der Waals surface area contributed by atoms with E-state index in [4.69, 9.17) is 42.1 Å². The molecule has 0 unspecified atom stereocenters. The predicted molar refractivity (Wildman–Crippen MR) is 332 cm³/mol. The first-order chi connectivity index (χ1) is 41.5. The fourth-order valence-corrected chi connectivity index (χ4v) is 12.5. The number of amides is 4. The van der Waals surface area contributed by atoms with E-state index in [1.165, 1.54) is 51.8 Å². The highest BCUT2D eigenvalue weighted by molar-refractivity contribution is 6.30. The number of rotatable bonds is 16. The van der Waals surface area contributed by atoms with Crippen LogP contribution in [0, 0.1) is 23.7 Å². The Morgan fingerprint density at radius 3 is 0.955 bits per heavy atom. The van der Waals surface area contributed by atoms with E-state index in [2.05, 4.69) is 10.2 Å². The molecule has 4 aromatic rings. The Bertz CT molecular complexity index is 2890. The average molecular weight is 1260 g/mol. The van der Waals surface area contributed by atoms with Crippen LogP contribution in [-0.4, -0.2) is 163 Å². The molecule has 2 saturated carbocycles. The van der Waals surface area contributed by atoms with Gasteiger partial charge in [-0.15, -0.1) is 0 Å². The molecule has 0 bridgehead atoms. The minimum Gasteiger partial charge on any atom is -0.451 e. The van der Waals surface area contributed by atoms with Gasteiger partial charge in [-0.1, -0.05) is 127 Å². The standard InChI is InChI=1S/C66H90Cl2N8O12/c1-39(2)29-51-61(81)85-43(9)57(77)71(11)54(32-42(7)8)64(84)88-56(34-46-19-23-48(24-20-46)66(27-16-28-66)76-38-50(68)36-70-76)60(80)74(14)52(30-40(3)4)62(82)86-44(10)58(78)72(12)53(31-41(5)6)63(83)87-55(59(79)73(51)13)33-45-17-21-47(22-18-45)65(25-15-26-65)75-37-49(67)35-69-75/h17-24,35-44,51-56H,15-16,25-34H2,1-14H3/t43-,44-,51+,52+,53+,54+,55-,56-/m1/s1. The zero-order valence-corrected chi connectivity index (χ0v) is 55.1. The summed E-state index contributed by atoms with van der Waals surface area (Å²) in [5.41, 5.74) is 2.31. The van der Waals surface area contributed by atoms with Crippen molar-refractivity contribution in [2.24, 2.45) is 23.7 Å². The summed E-state index contributed by atoms with van der Waals surface area (Å²) in [5.74, 6) is -7.52. The molecule has 3 aliphatic rings. The number of cyclic esters (lactones) is 4. The van der Waals surface area contributed by atoms with Crippen molar-refractivity contribution in [1.82, 2.24) is 39.2 Å². The summed E-state index contributed by atoms with van der Waals surface area (Å²) in [4.78, 5) is 123. The van der Waals surface area contributed by atoms with Gasteiger partial charge in [-0.25, -0.2) is 19.2 Å². The maximum atomic E-state index is 15.2. The van der Waals surface area contributed by atoms with Gasteiger partial charge < -0.3 is 38.5 Å². The summed E-state index contributed by atoms with van der Waals surface area (Å²) >= 11 is 12.6. The number of esters is 4. The summed E-state index contributed by atoms with van der Waals surface area (Å²) in [6.45, 7) is 17.6. The second-order valence-corrected chi connectivity index (χ2v) is 27.0. The Labute approximate surface area is 528 Å². The van der Waals surface area contributed by atoms with Gasteiger partial charge in [0.15, 0.2) is 24.4 Å². The van der Waals surface area contributed by atoms with E-state index in [0.29, 0.717) is 21.2 Å². The summed E-state index contributed by atoms with van der Waals surface area (Å²) in [7, 11) is 5.60. The fraction of sp³-hybridized carbons (Fsp3) is 0.606. The highest BCUT2D eigenvalue weighted by atomic mass is 35.5. The van der Waals surface area contributed by atoms with Crippen LogP contribution in [0.2, 0.25) is 10.0 Å². The maximum absolute atomic E-state index is 15.2. The molecule has 3 fully saturated rings. The molecule has 480 valence electrons. The van der Waals surface area contributed by atoms with E-state index in [1.807, 2.05) is 113 Å². The van der Waals surface area contributed by atoms with Crippen molar-refractivity contribution in [3.8, 4) is 0 Å². The van der Waals surface area contributed by atoms with Crippen LogP contribution >= 0.6 is 23.2 Å². The molecule has 0 N–H and O–H groups in total. The molecule has 4 amide bonds. The number of ether oxygens (including phenoxy) is 4. The SMILES string of the molecule is CC(C)C[C@H]1C(=O)O[C@H](Cc2ccc(C3(n4cc(Cl)cn4)CCC3)cc2)C(=O)N(C)[C@@H](CC(C)C)C(=O)O[C@H](C)C(=O)N(C)[C@@H](CC(C)C)C(=O)O[C@H](Cc2ccc(C3(n4cc(Cl)cn4)CCC3)cc2)C(=O)N(C)[C@@H](CC(C)C)C(=O)O[C@H](C)C(=O)N1C. The molecule has 0 spiro atoms. The predicted octanol–water partition coefficient (Wildman–Crippen LogP) is 9.22. The number of halogens is 2. The van der Waals surface area contributed by atoms with Gasteiger partial charge in [-0.05, 0) is 124 Å². The first-order valence-corrected chi connectivity index (χ1v) is 31.7. The molecule has 88 heavy (non-hydrogen) atoms. The minimum atomic E-state index is -1.56. The highest BCUT2D eigenvalue weighted by Crippen LogP contribution is 2.46. The molecule has 2 aromatic carbocycles. The van der Waals surface area contributed by atoms with Gasteiger partial charge in [0.2, 0.25) is 0 Å². The van der Waals surface area contributed by atoms with Crippen LogP contribution in [0.15, 0.2) is 73.3 Å². The lowest BCUT2D eigenvalue weighted by Gasteiger charge is -2.42. The van der Waals surface area contributed by atoms with Crippen molar-refractivity contribution in [3.05, 3.63) is 106 Å². The molecule has 7 rings (SSSR count). The van der Waals surface area contributed by atoms with Crippen LogP contribution in [0.25, 0.3) is 0 Å². The van der Waals surface area contributed by atoms with E-state index in [9.17, 15) is 28.8 Å². The second-order valence-electron chi connectivity index (χ2n) is 26.2. The van der Waals surface area contributed by atoms with Gasteiger partial charge in [0.05, 0.1) is 33.5 Å². The fourth-order valence-electron chi connectivity index (χ4n) is 12.2. The van der Waals surface area contributed by atoms with E-state index < -0.39 is 107 Å². The van der Waals surface area contributed by atoms with Crippen molar-refractivity contribution in [1.29, 1.82) is 0 Å². The zero-order valence-electron chi connectivity index (χ0n) is 53.6. The zero-order chi connectivity index (χ0) is 64.7. The molecule has 1 aliphatic heterocycles. The molecular formula is C66H90Cl2N8O12. The molecule has 22 heteroatoms. The molecule has 8 atom stereocenters. The summed E-state index contributed by atoms with van der Waals surface area (Å²) in [6.07, 6.45) is 5.92. The van der Waals surface area contributed by atoms with Crippen molar-refractivity contribution in [2.75, 3.05) is 28.2 Å². The number of likely N-dealkylation sites (N-methyl/N-ethyl adjacent to an activating group) is 4. The van der Waals surface area contributed by atoms with Crippen molar-refractivity contribution < 1.29 is 57.3 Å². The Morgan fingerprint density at radius 1 is 0.443 bits per heavy atom. The normalized spacial score (nSPS) is 25.0. The van der Waals surface area contributed by atoms with Crippen molar-refractivity contribution in [2.45, 2.75) is 206 Å². The Hall–Kier alpha value is -6.80. The quantitative estimate of drug-likeness (QED) is 0.0754. The van der Waals surface area contributed by atoms with Crippen molar-refractivity contribution >= 4 is 70.7 Å². The Morgan fingerprint density at radius 2 is 0.716 bits per heavy atom.